The third kappa shape index (κ3) is 4.22. The number of carbonyl (C=O) groups excluding carboxylic acids is 1. The van der Waals surface area contributed by atoms with Crippen LogP contribution in [0.4, 0.5) is 0 Å². The highest BCUT2D eigenvalue weighted by Gasteiger charge is 2.22. The molecule has 0 aliphatic heterocycles. The number of nitrogens with one attached hydrogen (secondary N) is 2. The van der Waals surface area contributed by atoms with E-state index in [9.17, 15) is 4.79 Å². The molecule has 1 aromatic heterocycles. The SMILES string of the molecule is CCNCCNC(=O)c1c(-c2ccccc2Cl)noc1C.Cl. The highest BCUT2D eigenvalue weighted by molar-refractivity contribution is 6.33. The summed E-state index contributed by atoms with van der Waals surface area (Å²) in [6.45, 7) is 5.86. The number of halogens is 2. The van der Waals surface area contributed by atoms with Gasteiger partial charge >= 0.3 is 0 Å². The Bertz CT molecular complexity index is 629. The van der Waals surface area contributed by atoms with Crippen molar-refractivity contribution in [3.8, 4) is 11.3 Å². The third-order valence-electron chi connectivity index (χ3n) is 3.06. The number of benzene rings is 1. The molecular weight excluding hydrogens is 325 g/mol. The number of likely N-dealkylation sites (N-methyl/N-ethyl adjacent to an activating group) is 1. The predicted molar refractivity (Wildman–Crippen MR) is 89.8 cm³/mol. The molecule has 2 N–H and O–H groups in total. The van der Waals surface area contributed by atoms with Crippen molar-refractivity contribution in [2.24, 2.45) is 0 Å². The smallest absolute Gasteiger partial charge is 0.257 e. The molecule has 0 radical (unpaired) electrons. The zero-order chi connectivity index (χ0) is 15.2. The minimum Gasteiger partial charge on any atom is -0.360 e. The van der Waals surface area contributed by atoms with Gasteiger partial charge in [0.25, 0.3) is 5.91 Å². The summed E-state index contributed by atoms with van der Waals surface area (Å²) in [6, 6.07) is 7.25. The van der Waals surface area contributed by atoms with Crippen LogP contribution in [-0.4, -0.2) is 30.7 Å². The third-order valence-corrected chi connectivity index (χ3v) is 3.39. The number of hydrogen-bond acceptors (Lipinski definition) is 4. The second-order valence-corrected chi connectivity index (χ2v) is 4.96. The van der Waals surface area contributed by atoms with Crippen LogP contribution in [0, 0.1) is 6.92 Å². The zero-order valence-corrected chi connectivity index (χ0v) is 14.1. The van der Waals surface area contributed by atoms with Crippen LogP contribution in [0.5, 0.6) is 0 Å². The first kappa shape index (κ1) is 18.5. The summed E-state index contributed by atoms with van der Waals surface area (Å²) in [5.41, 5.74) is 1.59. The Balaban J connectivity index is 0.00000242. The van der Waals surface area contributed by atoms with E-state index in [-0.39, 0.29) is 18.3 Å². The van der Waals surface area contributed by atoms with Gasteiger partial charge in [0.1, 0.15) is 17.0 Å². The molecule has 0 bridgehead atoms. The van der Waals surface area contributed by atoms with Crippen LogP contribution in [0.2, 0.25) is 5.02 Å². The Kier molecular flexibility index (Phi) is 7.38. The van der Waals surface area contributed by atoms with Gasteiger partial charge in [0.05, 0.1) is 5.02 Å². The molecule has 0 spiro atoms. The maximum Gasteiger partial charge on any atom is 0.257 e. The average Bonchev–Trinajstić information content (AvgIpc) is 2.85. The lowest BCUT2D eigenvalue weighted by molar-refractivity contribution is 0.0953. The van der Waals surface area contributed by atoms with Gasteiger partial charge in [-0.05, 0) is 19.5 Å². The maximum absolute atomic E-state index is 12.3. The van der Waals surface area contributed by atoms with Crippen molar-refractivity contribution in [1.82, 2.24) is 15.8 Å². The van der Waals surface area contributed by atoms with Crippen LogP contribution in [0.15, 0.2) is 28.8 Å². The van der Waals surface area contributed by atoms with E-state index >= 15 is 0 Å². The Morgan fingerprint density at radius 3 is 2.73 bits per heavy atom. The molecule has 5 nitrogen and oxygen atoms in total. The summed E-state index contributed by atoms with van der Waals surface area (Å²) in [4.78, 5) is 12.3. The first-order valence-electron chi connectivity index (χ1n) is 6.85. The summed E-state index contributed by atoms with van der Waals surface area (Å²) in [7, 11) is 0. The lowest BCUT2D eigenvalue weighted by Gasteiger charge is -2.06. The molecule has 0 atom stereocenters. The quantitative estimate of drug-likeness (QED) is 0.791. The van der Waals surface area contributed by atoms with Gasteiger partial charge < -0.3 is 15.2 Å². The lowest BCUT2D eigenvalue weighted by atomic mass is 10.1. The van der Waals surface area contributed by atoms with Crippen LogP contribution >= 0.6 is 24.0 Å². The van der Waals surface area contributed by atoms with E-state index in [4.69, 9.17) is 16.1 Å². The summed E-state index contributed by atoms with van der Waals surface area (Å²) in [5.74, 6) is 0.271. The fourth-order valence-electron chi connectivity index (χ4n) is 2.01. The second-order valence-electron chi connectivity index (χ2n) is 4.55. The summed E-state index contributed by atoms with van der Waals surface area (Å²) in [6.07, 6.45) is 0. The van der Waals surface area contributed by atoms with Gasteiger partial charge in [-0.25, -0.2) is 0 Å². The molecule has 0 aliphatic carbocycles. The van der Waals surface area contributed by atoms with E-state index in [0.29, 0.717) is 40.7 Å². The van der Waals surface area contributed by atoms with Crippen molar-refractivity contribution in [2.45, 2.75) is 13.8 Å². The predicted octanol–water partition coefficient (Wildman–Crippen LogP) is 3.06. The molecule has 120 valence electrons. The van der Waals surface area contributed by atoms with Gasteiger partial charge in [0, 0.05) is 18.7 Å². The highest BCUT2D eigenvalue weighted by Crippen LogP contribution is 2.30. The Hall–Kier alpha value is -1.56. The van der Waals surface area contributed by atoms with E-state index in [1.807, 2.05) is 25.1 Å². The molecule has 0 saturated heterocycles. The van der Waals surface area contributed by atoms with Gasteiger partial charge in [-0.2, -0.15) is 0 Å². The number of hydrogen-bond donors (Lipinski definition) is 2. The summed E-state index contributed by atoms with van der Waals surface area (Å²) in [5, 5.41) is 10.5. The lowest BCUT2D eigenvalue weighted by Crippen LogP contribution is -2.32. The number of rotatable bonds is 6. The van der Waals surface area contributed by atoms with Crippen molar-refractivity contribution < 1.29 is 9.32 Å². The van der Waals surface area contributed by atoms with Gasteiger partial charge in [-0.15, -0.1) is 12.4 Å². The zero-order valence-electron chi connectivity index (χ0n) is 12.5. The molecule has 0 saturated carbocycles. The molecule has 2 aromatic rings. The van der Waals surface area contributed by atoms with Crippen LogP contribution in [0.25, 0.3) is 11.3 Å². The van der Waals surface area contributed by atoms with Crippen LogP contribution in [0.3, 0.4) is 0 Å². The van der Waals surface area contributed by atoms with E-state index in [1.54, 1.807) is 13.0 Å². The van der Waals surface area contributed by atoms with Crippen molar-refractivity contribution in [3.63, 3.8) is 0 Å². The highest BCUT2D eigenvalue weighted by atomic mass is 35.5. The van der Waals surface area contributed by atoms with E-state index < -0.39 is 0 Å². The molecule has 2 rings (SSSR count). The average molecular weight is 344 g/mol. The fourth-order valence-corrected chi connectivity index (χ4v) is 2.23. The normalized spacial score (nSPS) is 10.1. The Morgan fingerprint density at radius 2 is 2.05 bits per heavy atom. The largest absolute Gasteiger partial charge is 0.360 e. The molecule has 0 fully saturated rings. The minimum atomic E-state index is -0.207. The van der Waals surface area contributed by atoms with Crippen molar-refractivity contribution >= 4 is 29.9 Å². The number of carbonyl (C=O) groups is 1. The number of amides is 1. The molecular formula is C15H19Cl2N3O2. The van der Waals surface area contributed by atoms with Gasteiger partial charge in [-0.3, -0.25) is 4.79 Å². The minimum absolute atomic E-state index is 0. The summed E-state index contributed by atoms with van der Waals surface area (Å²) < 4.78 is 5.17. The standard InChI is InChI=1S/C15H18ClN3O2.ClH/c1-3-17-8-9-18-15(20)13-10(2)21-19-14(13)11-6-4-5-7-12(11)16;/h4-7,17H,3,8-9H2,1-2H3,(H,18,20);1H. The van der Waals surface area contributed by atoms with Crippen LogP contribution < -0.4 is 10.6 Å². The van der Waals surface area contributed by atoms with E-state index in [1.165, 1.54) is 0 Å². The van der Waals surface area contributed by atoms with Gasteiger partial charge in [0.15, 0.2) is 0 Å². The van der Waals surface area contributed by atoms with Crippen LogP contribution in [-0.2, 0) is 0 Å². The van der Waals surface area contributed by atoms with E-state index in [2.05, 4.69) is 15.8 Å². The topological polar surface area (TPSA) is 67.2 Å². The first-order chi connectivity index (χ1) is 10.1. The molecule has 22 heavy (non-hydrogen) atoms. The molecule has 7 heteroatoms. The monoisotopic (exact) mass is 343 g/mol. The van der Waals surface area contributed by atoms with Crippen LogP contribution in [0.1, 0.15) is 23.0 Å². The summed E-state index contributed by atoms with van der Waals surface area (Å²) >= 11 is 6.17. The molecule has 0 aliphatic rings. The van der Waals surface area contributed by atoms with E-state index in [0.717, 1.165) is 6.54 Å². The first-order valence-corrected chi connectivity index (χ1v) is 7.23. The Morgan fingerprint density at radius 1 is 1.32 bits per heavy atom. The molecule has 1 amide bonds. The van der Waals surface area contributed by atoms with Gasteiger partial charge in [0.2, 0.25) is 0 Å². The number of nitrogens with zero attached hydrogens (tertiary/aromatic N) is 1. The molecule has 0 unspecified atom stereocenters. The number of aromatic nitrogens is 1. The molecule has 1 aromatic carbocycles. The maximum atomic E-state index is 12.3. The Labute approximate surface area is 140 Å². The van der Waals surface area contributed by atoms with Crippen molar-refractivity contribution in [1.29, 1.82) is 0 Å². The van der Waals surface area contributed by atoms with Crippen molar-refractivity contribution in [2.75, 3.05) is 19.6 Å². The fraction of sp³-hybridized carbons (Fsp3) is 0.333. The van der Waals surface area contributed by atoms with Crippen molar-refractivity contribution in [3.05, 3.63) is 40.6 Å². The number of aryl methyl sites for hydroxylation is 1. The second kappa shape index (κ2) is 8.78. The molecule has 1 heterocycles. The van der Waals surface area contributed by atoms with Gasteiger partial charge in [-0.1, -0.05) is 41.9 Å².